The summed E-state index contributed by atoms with van der Waals surface area (Å²) in [5.74, 6) is -5.62. The molecule has 0 bridgehead atoms. The fourth-order valence-electron chi connectivity index (χ4n) is 4.20. The minimum atomic E-state index is -1.52. The summed E-state index contributed by atoms with van der Waals surface area (Å²) < 4.78 is 46.8. The van der Waals surface area contributed by atoms with Crippen LogP contribution in [0.1, 0.15) is 64.5 Å². The van der Waals surface area contributed by atoms with Gasteiger partial charge in [-0.3, -0.25) is 9.59 Å². The van der Waals surface area contributed by atoms with Gasteiger partial charge in [0.1, 0.15) is 17.1 Å². The first kappa shape index (κ1) is 23.2. The highest BCUT2D eigenvalue weighted by atomic mass is 19.2. The Kier molecular flexibility index (Phi) is 6.16. The van der Waals surface area contributed by atoms with Crippen LogP contribution in [-0.4, -0.2) is 22.8 Å². The molecule has 2 aromatic rings. The number of hydrogen-bond donors (Lipinski definition) is 0. The Bertz CT molecular complexity index is 997. The molecule has 3 rings (SSSR count). The third-order valence-corrected chi connectivity index (χ3v) is 6.52. The highest BCUT2D eigenvalue weighted by Gasteiger charge is 2.55. The molecule has 166 valence electrons. The van der Waals surface area contributed by atoms with Gasteiger partial charge >= 0.3 is 0 Å². The molecule has 6 heteroatoms. The second-order valence-corrected chi connectivity index (χ2v) is 8.45. The normalized spacial score (nSPS) is 26.4. The topological polar surface area (TPSA) is 43.4 Å². The molecule has 1 aliphatic heterocycles. The van der Waals surface area contributed by atoms with Gasteiger partial charge in [-0.05, 0) is 67.5 Å². The SMILES string of the molecule is CCc1cc(-c2cc(F)c(F)c(F)c2)ccc1C1C(=O)C(C)(CC)OC(C)(CC)C1=O. The number of halogens is 3. The maximum absolute atomic E-state index is 13.7. The van der Waals surface area contributed by atoms with Gasteiger partial charge in [-0.2, -0.15) is 0 Å². The van der Waals surface area contributed by atoms with Crippen LogP contribution in [0.3, 0.4) is 0 Å². The van der Waals surface area contributed by atoms with Crippen molar-refractivity contribution in [2.45, 2.75) is 71.0 Å². The number of benzene rings is 2. The summed E-state index contributed by atoms with van der Waals surface area (Å²) in [4.78, 5) is 26.7. The summed E-state index contributed by atoms with van der Waals surface area (Å²) in [6.45, 7) is 9.00. The van der Waals surface area contributed by atoms with Gasteiger partial charge in [0.05, 0.1) is 0 Å². The van der Waals surface area contributed by atoms with Crippen molar-refractivity contribution in [1.82, 2.24) is 0 Å². The van der Waals surface area contributed by atoms with Gasteiger partial charge in [0, 0.05) is 0 Å². The average molecular weight is 432 g/mol. The van der Waals surface area contributed by atoms with E-state index in [2.05, 4.69) is 0 Å². The molecular weight excluding hydrogens is 405 g/mol. The Morgan fingerprint density at radius 1 is 0.839 bits per heavy atom. The molecule has 2 unspecified atom stereocenters. The van der Waals surface area contributed by atoms with E-state index in [-0.39, 0.29) is 17.1 Å². The first-order valence-electron chi connectivity index (χ1n) is 10.6. The molecule has 0 radical (unpaired) electrons. The quantitative estimate of drug-likeness (QED) is 0.435. The van der Waals surface area contributed by atoms with E-state index in [9.17, 15) is 22.8 Å². The smallest absolute Gasteiger partial charge is 0.194 e. The van der Waals surface area contributed by atoms with Gasteiger partial charge in [-0.15, -0.1) is 0 Å². The minimum absolute atomic E-state index is 0.180. The zero-order chi connectivity index (χ0) is 23.1. The molecule has 3 nitrogen and oxygen atoms in total. The van der Waals surface area contributed by atoms with Crippen molar-refractivity contribution in [1.29, 1.82) is 0 Å². The van der Waals surface area contributed by atoms with Crippen LogP contribution >= 0.6 is 0 Å². The number of carbonyl (C=O) groups excluding carboxylic acids is 2. The van der Waals surface area contributed by atoms with E-state index in [0.29, 0.717) is 36.0 Å². The molecular formula is C25H27F3O3. The lowest BCUT2D eigenvalue weighted by atomic mass is 9.71. The van der Waals surface area contributed by atoms with E-state index in [1.54, 1.807) is 32.0 Å². The van der Waals surface area contributed by atoms with Gasteiger partial charge in [0.25, 0.3) is 0 Å². The van der Waals surface area contributed by atoms with Crippen LogP contribution in [0.5, 0.6) is 0 Å². The van der Waals surface area contributed by atoms with Crippen LogP contribution < -0.4 is 0 Å². The van der Waals surface area contributed by atoms with Crippen LogP contribution in [0.4, 0.5) is 13.2 Å². The minimum Gasteiger partial charge on any atom is -0.354 e. The zero-order valence-corrected chi connectivity index (χ0v) is 18.4. The number of ketones is 2. The first-order valence-corrected chi connectivity index (χ1v) is 10.6. The lowest BCUT2D eigenvalue weighted by Crippen LogP contribution is -2.60. The van der Waals surface area contributed by atoms with E-state index >= 15 is 0 Å². The van der Waals surface area contributed by atoms with Gasteiger partial charge in [0.2, 0.25) is 0 Å². The van der Waals surface area contributed by atoms with Crippen molar-refractivity contribution in [3.8, 4) is 11.1 Å². The molecule has 0 aromatic heterocycles. The van der Waals surface area contributed by atoms with Crippen molar-refractivity contribution in [2.75, 3.05) is 0 Å². The lowest BCUT2D eigenvalue weighted by molar-refractivity contribution is -0.192. The number of Topliss-reactive ketones (excluding diaryl/α,β-unsaturated/α-hetero) is 2. The predicted molar refractivity (Wildman–Crippen MR) is 112 cm³/mol. The standard InChI is InChI=1S/C25H27F3O3/c1-6-14-11-15(16-12-18(26)21(28)19(27)13-16)9-10-17(14)20-22(29)24(4,7-2)31-25(5,8-3)23(20)30/h9-13,20H,6-8H2,1-5H3. The van der Waals surface area contributed by atoms with Gasteiger partial charge in [0.15, 0.2) is 29.0 Å². The number of ether oxygens (including phenoxy) is 1. The molecule has 2 atom stereocenters. The highest BCUT2D eigenvalue weighted by molar-refractivity contribution is 6.15. The monoisotopic (exact) mass is 432 g/mol. The Morgan fingerprint density at radius 2 is 1.35 bits per heavy atom. The molecule has 0 aliphatic carbocycles. The molecule has 0 saturated carbocycles. The van der Waals surface area contributed by atoms with Crippen molar-refractivity contribution < 1.29 is 27.5 Å². The lowest BCUT2D eigenvalue weighted by Gasteiger charge is -2.45. The van der Waals surface area contributed by atoms with Crippen LogP contribution in [0, 0.1) is 17.5 Å². The summed E-state index contributed by atoms with van der Waals surface area (Å²) in [5, 5.41) is 0. The van der Waals surface area contributed by atoms with Gasteiger partial charge in [-0.1, -0.05) is 39.0 Å². The van der Waals surface area contributed by atoms with Crippen LogP contribution in [0.15, 0.2) is 30.3 Å². The van der Waals surface area contributed by atoms with E-state index in [1.165, 1.54) is 0 Å². The maximum Gasteiger partial charge on any atom is 0.194 e. The molecule has 1 fully saturated rings. The third kappa shape index (κ3) is 3.82. The Morgan fingerprint density at radius 3 is 1.81 bits per heavy atom. The fraction of sp³-hybridized carbons (Fsp3) is 0.440. The van der Waals surface area contributed by atoms with Crippen LogP contribution in [0.2, 0.25) is 0 Å². The Balaban J connectivity index is 2.14. The first-order chi connectivity index (χ1) is 14.5. The zero-order valence-electron chi connectivity index (χ0n) is 18.4. The second-order valence-electron chi connectivity index (χ2n) is 8.45. The molecule has 1 heterocycles. The van der Waals surface area contributed by atoms with Crippen molar-refractivity contribution in [3.05, 3.63) is 58.9 Å². The van der Waals surface area contributed by atoms with Crippen LogP contribution in [-0.2, 0) is 20.7 Å². The van der Waals surface area contributed by atoms with E-state index < -0.39 is 34.6 Å². The van der Waals surface area contributed by atoms with E-state index in [1.807, 2.05) is 20.8 Å². The van der Waals surface area contributed by atoms with Gasteiger partial charge in [-0.25, -0.2) is 13.2 Å². The number of hydrogen-bond acceptors (Lipinski definition) is 3. The summed E-state index contributed by atoms with van der Waals surface area (Å²) in [6.07, 6.45) is 1.36. The fourth-order valence-corrected chi connectivity index (χ4v) is 4.20. The molecule has 1 saturated heterocycles. The summed E-state index contributed by atoms with van der Waals surface area (Å²) in [5.41, 5.74) is -0.229. The summed E-state index contributed by atoms with van der Waals surface area (Å²) >= 11 is 0. The van der Waals surface area contributed by atoms with Gasteiger partial charge < -0.3 is 4.74 Å². The number of carbonyl (C=O) groups is 2. The van der Waals surface area contributed by atoms with E-state index in [4.69, 9.17) is 4.74 Å². The second kappa shape index (κ2) is 8.23. The van der Waals surface area contributed by atoms with Crippen molar-refractivity contribution >= 4 is 11.6 Å². The molecule has 0 spiro atoms. The van der Waals surface area contributed by atoms with Crippen LogP contribution in [0.25, 0.3) is 11.1 Å². The Hall–Kier alpha value is -2.47. The van der Waals surface area contributed by atoms with Crippen molar-refractivity contribution in [2.24, 2.45) is 0 Å². The summed E-state index contributed by atoms with van der Waals surface area (Å²) in [6, 6.07) is 6.82. The third-order valence-electron chi connectivity index (χ3n) is 6.52. The molecule has 31 heavy (non-hydrogen) atoms. The average Bonchev–Trinajstić information content (AvgIpc) is 2.76. The van der Waals surface area contributed by atoms with Crippen molar-refractivity contribution in [3.63, 3.8) is 0 Å². The van der Waals surface area contributed by atoms with E-state index in [0.717, 1.165) is 12.1 Å². The molecule has 0 amide bonds. The number of aryl methyl sites for hydroxylation is 1. The molecule has 2 aromatic carbocycles. The maximum atomic E-state index is 13.7. The number of rotatable bonds is 5. The molecule has 0 N–H and O–H groups in total. The summed E-state index contributed by atoms with van der Waals surface area (Å²) in [7, 11) is 0. The Labute approximate surface area is 180 Å². The highest BCUT2D eigenvalue weighted by Crippen LogP contribution is 2.43. The molecule has 1 aliphatic rings. The largest absolute Gasteiger partial charge is 0.354 e. The predicted octanol–water partition coefficient (Wildman–Crippen LogP) is 5.92.